The Morgan fingerprint density at radius 3 is 2.25 bits per heavy atom. The fourth-order valence-corrected chi connectivity index (χ4v) is 2.41. The van der Waals surface area contributed by atoms with E-state index in [-0.39, 0.29) is 16.5 Å². The van der Waals surface area contributed by atoms with E-state index in [4.69, 9.17) is 4.74 Å². The van der Waals surface area contributed by atoms with Gasteiger partial charge in [-0.15, -0.1) is 4.48 Å². The molecule has 1 N–H and O–H groups in total. The van der Waals surface area contributed by atoms with Crippen LogP contribution in [0.25, 0.3) is 5.69 Å². The maximum atomic E-state index is 12.8. The van der Waals surface area contributed by atoms with Crippen molar-refractivity contribution in [3.8, 4) is 11.6 Å². The molecule has 132 valence electrons. The van der Waals surface area contributed by atoms with Crippen molar-refractivity contribution in [1.29, 1.82) is 0 Å². The van der Waals surface area contributed by atoms with Gasteiger partial charge in [-0.3, -0.25) is 0 Å². The van der Waals surface area contributed by atoms with Gasteiger partial charge in [-0.1, -0.05) is 0 Å². The minimum absolute atomic E-state index is 0.124. The Hall–Kier alpha value is -2.14. The molecule has 1 aromatic heterocycles. The lowest BCUT2D eigenvalue weighted by Crippen LogP contribution is -2.15. The number of alkyl halides is 3. The van der Waals surface area contributed by atoms with Crippen LogP contribution in [0, 0.1) is 0 Å². The van der Waals surface area contributed by atoms with Crippen molar-refractivity contribution in [3.05, 3.63) is 36.0 Å². The van der Waals surface area contributed by atoms with E-state index < -0.39 is 28.0 Å². The minimum Gasteiger partial charge on any atom is -0.475 e. The van der Waals surface area contributed by atoms with Gasteiger partial charge in [0.25, 0.3) is 10.0 Å². The van der Waals surface area contributed by atoms with Crippen molar-refractivity contribution in [3.63, 3.8) is 0 Å². The number of ether oxygens (including phenoxy) is 1. The number of hydrogen-bond acceptors (Lipinski definition) is 4. The Kier molecular flexibility index (Phi) is 4.85. The summed E-state index contributed by atoms with van der Waals surface area (Å²) in [7, 11) is -4.30. The maximum absolute atomic E-state index is 12.8. The second-order valence-corrected chi connectivity index (χ2v) is 6.65. The standard InChI is InChI=1S/C13H13F4N3O3S/c1-8(2)23-12-7-11(13(14,15)16)18-20(12)9-3-5-10(6-4-9)24(21,22)19-17/h3-8,19H,1-2H3. The quantitative estimate of drug-likeness (QED) is 0.652. The van der Waals surface area contributed by atoms with E-state index in [1.807, 2.05) is 0 Å². The van der Waals surface area contributed by atoms with E-state index in [0.29, 0.717) is 4.94 Å². The van der Waals surface area contributed by atoms with Gasteiger partial charge in [0.1, 0.15) is 0 Å². The first-order valence-electron chi connectivity index (χ1n) is 6.61. The van der Waals surface area contributed by atoms with Crippen LogP contribution < -0.4 is 9.68 Å². The molecule has 1 heterocycles. The number of rotatable bonds is 5. The van der Waals surface area contributed by atoms with Crippen LogP contribution in [0.3, 0.4) is 0 Å². The molecule has 0 aliphatic carbocycles. The topological polar surface area (TPSA) is 73.2 Å². The van der Waals surface area contributed by atoms with Gasteiger partial charge in [0.05, 0.1) is 16.7 Å². The van der Waals surface area contributed by atoms with Gasteiger partial charge in [-0.05, 0) is 43.1 Å². The van der Waals surface area contributed by atoms with Gasteiger partial charge in [0, 0.05) is 6.07 Å². The summed E-state index contributed by atoms with van der Waals surface area (Å²) in [5, 5.41) is 3.44. The average Bonchev–Trinajstić information content (AvgIpc) is 2.90. The molecule has 0 saturated carbocycles. The third-order valence-corrected chi connectivity index (χ3v) is 3.91. The van der Waals surface area contributed by atoms with Crippen molar-refractivity contribution in [1.82, 2.24) is 14.7 Å². The van der Waals surface area contributed by atoms with E-state index >= 15 is 0 Å². The van der Waals surface area contributed by atoms with Crippen molar-refractivity contribution in [2.75, 3.05) is 0 Å². The number of hydrogen-bond donors (Lipinski definition) is 1. The molecule has 0 aliphatic heterocycles. The molecule has 6 nitrogen and oxygen atoms in total. The molecule has 24 heavy (non-hydrogen) atoms. The number of nitrogens with one attached hydrogen (secondary N) is 1. The predicted octanol–water partition coefficient (Wildman–Crippen LogP) is 2.84. The van der Waals surface area contributed by atoms with Crippen molar-refractivity contribution in [2.24, 2.45) is 0 Å². The van der Waals surface area contributed by atoms with E-state index in [2.05, 4.69) is 5.10 Å². The Balaban J connectivity index is 2.49. The SMILES string of the molecule is CC(C)Oc1cc(C(F)(F)F)nn1-c1ccc(S(=O)(=O)NF)cc1. The largest absolute Gasteiger partial charge is 0.475 e. The molecule has 0 fully saturated rings. The molecule has 0 atom stereocenters. The molecular weight excluding hydrogens is 354 g/mol. The number of halogens is 4. The fraction of sp³-hybridized carbons (Fsp3) is 0.308. The molecule has 0 saturated heterocycles. The molecule has 0 radical (unpaired) electrons. The molecule has 0 spiro atoms. The Morgan fingerprint density at radius 1 is 1.21 bits per heavy atom. The highest BCUT2D eigenvalue weighted by atomic mass is 32.2. The van der Waals surface area contributed by atoms with Crippen LogP contribution in [0.4, 0.5) is 17.7 Å². The Labute approximate surface area is 135 Å². The van der Waals surface area contributed by atoms with Crippen LogP contribution in [0.2, 0.25) is 0 Å². The van der Waals surface area contributed by atoms with E-state index in [1.165, 1.54) is 12.1 Å². The van der Waals surface area contributed by atoms with Crippen molar-refractivity contribution < 1.29 is 30.8 Å². The lowest BCUT2D eigenvalue weighted by molar-refractivity contribution is -0.141. The zero-order valence-electron chi connectivity index (χ0n) is 12.5. The molecule has 0 unspecified atom stereocenters. The van der Waals surface area contributed by atoms with Gasteiger partial charge in [0.15, 0.2) is 5.69 Å². The smallest absolute Gasteiger partial charge is 0.435 e. The number of sulfonamides is 1. The molecule has 11 heteroatoms. The van der Waals surface area contributed by atoms with Crippen LogP contribution in [0.1, 0.15) is 19.5 Å². The summed E-state index contributed by atoms with van der Waals surface area (Å²) >= 11 is 0. The fourth-order valence-electron chi connectivity index (χ4n) is 1.82. The first-order valence-corrected chi connectivity index (χ1v) is 8.09. The summed E-state index contributed by atoms with van der Waals surface area (Å²) in [5.74, 6) is -0.156. The van der Waals surface area contributed by atoms with Gasteiger partial charge in [0.2, 0.25) is 5.88 Å². The third-order valence-electron chi connectivity index (χ3n) is 2.82. The molecule has 2 aromatic rings. The first kappa shape index (κ1) is 18.2. The highest BCUT2D eigenvalue weighted by Gasteiger charge is 2.35. The van der Waals surface area contributed by atoms with Crippen LogP contribution >= 0.6 is 0 Å². The van der Waals surface area contributed by atoms with E-state index in [9.17, 15) is 26.1 Å². The summed E-state index contributed by atoms with van der Waals surface area (Å²) in [6, 6.07) is 5.18. The van der Waals surface area contributed by atoms with Crippen molar-refractivity contribution in [2.45, 2.75) is 31.0 Å². The van der Waals surface area contributed by atoms with Gasteiger partial charge < -0.3 is 4.74 Å². The Morgan fingerprint density at radius 2 is 1.79 bits per heavy atom. The predicted molar refractivity (Wildman–Crippen MR) is 75.8 cm³/mol. The highest BCUT2D eigenvalue weighted by Crippen LogP contribution is 2.32. The monoisotopic (exact) mass is 367 g/mol. The highest BCUT2D eigenvalue weighted by molar-refractivity contribution is 7.89. The second kappa shape index (κ2) is 6.40. The van der Waals surface area contributed by atoms with Crippen LogP contribution in [-0.2, 0) is 16.2 Å². The lowest BCUT2D eigenvalue weighted by Gasteiger charge is -2.12. The summed E-state index contributed by atoms with van der Waals surface area (Å²) in [5.41, 5.74) is -1.03. The molecule has 1 aromatic carbocycles. The van der Waals surface area contributed by atoms with Crippen molar-refractivity contribution >= 4 is 10.0 Å². The summed E-state index contributed by atoms with van der Waals surface area (Å²) in [4.78, 5) is 0.269. The first-order chi connectivity index (χ1) is 11.0. The molecule has 0 bridgehead atoms. The number of benzene rings is 1. The summed E-state index contributed by atoms with van der Waals surface area (Å²) in [6.45, 7) is 3.26. The molecular formula is C13H13F4N3O3S. The maximum Gasteiger partial charge on any atom is 0.435 e. The van der Waals surface area contributed by atoms with Crippen LogP contribution in [-0.4, -0.2) is 24.3 Å². The summed E-state index contributed by atoms with van der Waals surface area (Å²) in [6.07, 6.45) is -5.07. The summed E-state index contributed by atoms with van der Waals surface area (Å²) < 4.78 is 79.6. The van der Waals surface area contributed by atoms with E-state index in [0.717, 1.165) is 22.9 Å². The number of aromatic nitrogens is 2. The van der Waals surface area contributed by atoms with Gasteiger partial charge >= 0.3 is 6.18 Å². The average molecular weight is 367 g/mol. The second-order valence-electron chi connectivity index (χ2n) is 5.02. The molecule has 0 aliphatic rings. The zero-order chi connectivity index (χ0) is 18.1. The van der Waals surface area contributed by atoms with E-state index in [1.54, 1.807) is 13.8 Å². The van der Waals surface area contributed by atoms with Crippen LogP contribution in [0.15, 0.2) is 35.2 Å². The van der Waals surface area contributed by atoms with Crippen LogP contribution in [0.5, 0.6) is 5.88 Å². The lowest BCUT2D eigenvalue weighted by atomic mass is 10.3. The minimum atomic E-state index is -4.66. The Bertz CT molecular complexity index is 814. The molecule has 2 rings (SSSR count). The molecule has 0 amide bonds. The normalized spacial score (nSPS) is 12.6. The zero-order valence-corrected chi connectivity index (χ0v) is 13.3. The third kappa shape index (κ3) is 3.85. The van der Waals surface area contributed by atoms with Gasteiger partial charge in [-0.2, -0.15) is 18.3 Å². The number of nitrogens with zero attached hydrogens (tertiary/aromatic N) is 2. The van der Waals surface area contributed by atoms with Gasteiger partial charge in [-0.25, -0.2) is 13.1 Å².